The number of anilines is 1. The second-order valence-corrected chi connectivity index (χ2v) is 4.66. The molecule has 0 amide bonds. The van der Waals surface area contributed by atoms with Gasteiger partial charge in [-0.05, 0) is 12.1 Å². The van der Waals surface area contributed by atoms with Crippen LogP contribution < -0.4 is 4.90 Å². The maximum Gasteiger partial charge on any atom is 0.176 e. The number of hydrogen-bond acceptors (Lipinski definition) is 2. The number of terminal acetylenes is 1. The molecule has 0 heterocycles. The Labute approximate surface area is 114 Å². The molecular formula is C17H17NO. The number of nitrogens with zero attached hydrogens (tertiary/aromatic N) is 1. The summed E-state index contributed by atoms with van der Waals surface area (Å²) in [6, 6.07) is 16.9. The molecule has 1 unspecified atom stereocenters. The molecule has 0 aliphatic rings. The Morgan fingerprint density at radius 2 is 1.47 bits per heavy atom. The van der Waals surface area contributed by atoms with Crippen molar-refractivity contribution < 1.29 is 5.11 Å². The van der Waals surface area contributed by atoms with Crippen molar-refractivity contribution in [3.05, 3.63) is 65.7 Å². The quantitative estimate of drug-likeness (QED) is 0.848. The summed E-state index contributed by atoms with van der Waals surface area (Å²) in [5.41, 5.74) is 1.09. The maximum absolute atomic E-state index is 10.7. The molecule has 2 heteroatoms. The maximum atomic E-state index is 10.7. The molecule has 2 aromatic rings. The van der Waals surface area contributed by atoms with Crippen LogP contribution in [-0.4, -0.2) is 19.2 Å². The van der Waals surface area contributed by atoms with Gasteiger partial charge in [0.05, 0.1) is 0 Å². The lowest BCUT2D eigenvalue weighted by molar-refractivity contribution is 0.145. The van der Waals surface area contributed by atoms with E-state index in [-0.39, 0.29) is 0 Å². The zero-order chi connectivity index (χ0) is 13.9. The van der Waals surface area contributed by atoms with Crippen molar-refractivity contribution in [2.45, 2.75) is 5.60 Å². The van der Waals surface area contributed by atoms with Crippen molar-refractivity contribution in [2.24, 2.45) is 0 Å². The van der Waals surface area contributed by atoms with Crippen LogP contribution in [0, 0.1) is 12.3 Å². The lowest BCUT2D eigenvalue weighted by atomic mass is 9.87. The van der Waals surface area contributed by atoms with E-state index in [1.54, 1.807) is 0 Å². The van der Waals surface area contributed by atoms with Crippen molar-refractivity contribution in [3.8, 4) is 12.3 Å². The van der Waals surface area contributed by atoms with Crippen LogP contribution in [0.4, 0.5) is 5.69 Å². The molecule has 2 nitrogen and oxygen atoms in total. The molecule has 1 N–H and O–H groups in total. The molecule has 2 rings (SSSR count). The van der Waals surface area contributed by atoms with Crippen LogP contribution in [0.25, 0.3) is 0 Å². The fourth-order valence-electron chi connectivity index (χ4n) is 2.01. The Morgan fingerprint density at radius 3 is 1.95 bits per heavy atom. The average molecular weight is 251 g/mol. The highest BCUT2D eigenvalue weighted by molar-refractivity contribution is 5.51. The largest absolute Gasteiger partial charge is 0.378 e. The Hall–Kier alpha value is -2.24. The van der Waals surface area contributed by atoms with Crippen LogP contribution in [0.15, 0.2) is 54.6 Å². The van der Waals surface area contributed by atoms with E-state index < -0.39 is 5.60 Å². The number of hydrogen-bond donors (Lipinski definition) is 1. The van der Waals surface area contributed by atoms with Crippen LogP contribution >= 0.6 is 0 Å². The van der Waals surface area contributed by atoms with Gasteiger partial charge in [-0.3, -0.25) is 0 Å². The van der Waals surface area contributed by atoms with E-state index in [2.05, 4.69) is 5.92 Å². The lowest BCUT2D eigenvalue weighted by Gasteiger charge is -2.24. The van der Waals surface area contributed by atoms with Gasteiger partial charge < -0.3 is 10.0 Å². The molecule has 0 aliphatic heterocycles. The van der Waals surface area contributed by atoms with Crippen LogP contribution in [-0.2, 0) is 5.60 Å². The standard InChI is InChI=1S/C17H17NO/c1-4-17(19,14-8-6-5-7-9-14)15-10-12-16(13-11-15)18(2)3/h1,5-13,19H,2-3H3. The molecule has 0 aromatic heterocycles. The summed E-state index contributed by atoms with van der Waals surface area (Å²) in [7, 11) is 3.94. The van der Waals surface area contributed by atoms with Gasteiger partial charge >= 0.3 is 0 Å². The number of benzene rings is 2. The Balaban J connectivity index is 2.45. The molecule has 96 valence electrons. The zero-order valence-electron chi connectivity index (χ0n) is 11.2. The minimum Gasteiger partial charge on any atom is -0.378 e. The highest BCUT2D eigenvalue weighted by Crippen LogP contribution is 2.29. The van der Waals surface area contributed by atoms with Crippen molar-refractivity contribution in [1.82, 2.24) is 0 Å². The smallest absolute Gasteiger partial charge is 0.176 e. The van der Waals surface area contributed by atoms with E-state index in [1.165, 1.54) is 0 Å². The topological polar surface area (TPSA) is 23.5 Å². The van der Waals surface area contributed by atoms with Gasteiger partial charge in [-0.25, -0.2) is 0 Å². The van der Waals surface area contributed by atoms with Gasteiger partial charge in [0, 0.05) is 30.9 Å². The van der Waals surface area contributed by atoms with Crippen molar-refractivity contribution in [1.29, 1.82) is 0 Å². The summed E-state index contributed by atoms with van der Waals surface area (Å²) in [4.78, 5) is 2.00. The van der Waals surface area contributed by atoms with E-state index >= 15 is 0 Å². The van der Waals surface area contributed by atoms with E-state index in [9.17, 15) is 5.11 Å². The van der Waals surface area contributed by atoms with E-state index in [0.29, 0.717) is 11.1 Å². The first-order valence-electron chi connectivity index (χ1n) is 6.11. The highest BCUT2D eigenvalue weighted by Gasteiger charge is 2.28. The minimum absolute atomic E-state index is 0.701. The molecule has 0 fully saturated rings. The van der Waals surface area contributed by atoms with Crippen molar-refractivity contribution in [2.75, 3.05) is 19.0 Å². The summed E-state index contributed by atoms with van der Waals surface area (Å²) >= 11 is 0. The van der Waals surface area contributed by atoms with Gasteiger partial charge in [0.25, 0.3) is 0 Å². The van der Waals surface area contributed by atoms with Crippen molar-refractivity contribution in [3.63, 3.8) is 0 Å². The Bertz CT molecular complexity index is 581. The number of rotatable bonds is 3. The first-order chi connectivity index (χ1) is 9.08. The van der Waals surface area contributed by atoms with Gasteiger partial charge in [0.2, 0.25) is 0 Å². The van der Waals surface area contributed by atoms with E-state index in [0.717, 1.165) is 5.69 Å². The summed E-state index contributed by atoms with van der Waals surface area (Å²) in [6.45, 7) is 0. The normalized spacial score (nSPS) is 13.4. The molecule has 0 aliphatic carbocycles. The van der Waals surface area contributed by atoms with E-state index in [1.807, 2.05) is 73.6 Å². The first-order valence-corrected chi connectivity index (χ1v) is 6.11. The second-order valence-electron chi connectivity index (χ2n) is 4.66. The van der Waals surface area contributed by atoms with Crippen LogP contribution in [0.5, 0.6) is 0 Å². The summed E-state index contributed by atoms with van der Waals surface area (Å²) in [5.74, 6) is 2.50. The first kappa shape index (κ1) is 13.2. The molecule has 2 aromatic carbocycles. The van der Waals surface area contributed by atoms with E-state index in [4.69, 9.17) is 6.42 Å². The third-order valence-electron chi connectivity index (χ3n) is 3.20. The fourth-order valence-corrected chi connectivity index (χ4v) is 2.01. The predicted octanol–water partition coefficient (Wildman–Crippen LogP) is 2.62. The zero-order valence-corrected chi connectivity index (χ0v) is 11.2. The second kappa shape index (κ2) is 5.17. The molecule has 19 heavy (non-hydrogen) atoms. The molecule has 1 atom stereocenters. The van der Waals surface area contributed by atoms with Gasteiger partial charge in [-0.1, -0.05) is 48.4 Å². The van der Waals surface area contributed by atoms with Gasteiger partial charge in [0.1, 0.15) is 0 Å². The highest BCUT2D eigenvalue weighted by atomic mass is 16.3. The summed E-state index contributed by atoms with van der Waals surface area (Å²) < 4.78 is 0. The van der Waals surface area contributed by atoms with Gasteiger partial charge in [0.15, 0.2) is 5.60 Å². The molecule has 0 bridgehead atoms. The molecular weight excluding hydrogens is 234 g/mol. The third-order valence-corrected chi connectivity index (χ3v) is 3.20. The van der Waals surface area contributed by atoms with Gasteiger partial charge in [-0.2, -0.15) is 0 Å². The van der Waals surface area contributed by atoms with Crippen LogP contribution in [0.2, 0.25) is 0 Å². The molecule has 0 radical (unpaired) electrons. The molecule has 0 saturated heterocycles. The summed E-state index contributed by atoms with van der Waals surface area (Å²) in [5, 5.41) is 10.7. The average Bonchev–Trinajstić information content (AvgIpc) is 2.47. The fraction of sp³-hybridized carbons (Fsp3) is 0.176. The predicted molar refractivity (Wildman–Crippen MR) is 79.0 cm³/mol. The monoisotopic (exact) mass is 251 g/mol. The van der Waals surface area contributed by atoms with Crippen LogP contribution in [0.1, 0.15) is 11.1 Å². The number of aliphatic hydroxyl groups is 1. The lowest BCUT2D eigenvalue weighted by Crippen LogP contribution is -2.25. The Kier molecular flexibility index (Phi) is 3.59. The molecule has 0 saturated carbocycles. The van der Waals surface area contributed by atoms with Gasteiger partial charge in [-0.15, -0.1) is 6.42 Å². The van der Waals surface area contributed by atoms with Crippen LogP contribution in [0.3, 0.4) is 0 Å². The Morgan fingerprint density at radius 1 is 0.947 bits per heavy atom. The summed E-state index contributed by atoms with van der Waals surface area (Å²) in [6.07, 6.45) is 5.56. The SMILES string of the molecule is C#CC(O)(c1ccccc1)c1ccc(N(C)C)cc1. The van der Waals surface area contributed by atoms with Crippen molar-refractivity contribution >= 4 is 5.69 Å². The third kappa shape index (κ3) is 2.47. The minimum atomic E-state index is -1.38. The molecule has 0 spiro atoms.